The number of hydrogen-bond donors (Lipinski definition) is 1. The molecule has 0 aliphatic rings. The summed E-state index contributed by atoms with van der Waals surface area (Å²) in [5, 5.41) is 8.54. The largest absolute Gasteiger partial charge is 0.310 e. The first kappa shape index (κ1) is 14.1. The number of aryl methyl sites for hydroxylation is 2. The summed E-state index contributed by atoms with van der Waals surface area (Å²) in [6.07, 6.45) is 6.01. The van der Waals surface area contributed by atoms with Gasteiger partial charge in [-0.15, -0.1) is 0 Å². The van der Waals surface area contributed by atoms with E-state index in [4.69, 9.17) is 11.6 Å². The van der Waals surface area contributed by atoms with Crippen LogP contribution in [0.4, 0.5) is 0 Å². The third-order valence-electron chi connectivity index (χ3n) is 3.21. The molecule has 0 aliphatic carbocycles. The van der Waals surface area contributed by atoms with Crippen LogP contribution in [0.5, 0.6) is 0 Å². The van der Waals surface area contributed by atoms with Crippen LogP contribution in [0.1, 0.15) is 30.5 Å². The number of aromatic nitrogens is 2. The smallest absolute Gasteiger partial charge is 0.0521 e. The van der Waals surface area contributed by atoms with Gasteiger partial charge < -0.3 is 5.32 Å². The van der Waals surface area contributed by atoms with Crippen molar-refractivity contribution >= 4 is 11.6 Å². The van der Waals surface area contributed by atoms with Crippen molar-refractivity contribution in [1.82, 2.24) is 15.1 Å². The van der Waals surface area contributed by atoms with Crippen LogP contribution in [0.3, 0.4) is 0 Å². The molecule has 0 aliphatic heterocycles. The van der Waals surface area contributed by atoms with E-state index in [2.05, 4.69) is 29.6 Å². The van der Waals surface area contributed by atoms with Gasteiger partial charge in [-0.1, -0.05) is 36.7 Å². The molecule has 0 amide bonds. The molecule has 0 saturated carbocycles. The molecule has 2 rings (SSSR count). The summed E-state index contributed by atoms with van der Waals surface area (Å²) in [6.45, 7) is 3.05. The Morgan fingerprint density at radius 2 is 2.16 bits per heavy atom. The minimum Gasteiger partial charge on any atom is -0.310 e. The van der Waals surface area contributed by atoms with Crippen molar-refractivity contribution in [2.75, 3.05) is 6.54 Å². The summed E-state index contributed by atoms with van der Waals surface area (Å²) < 4.78 is 1.84. The molecule has 0 radical (unpaired) electrons. The monoisotopic (exact) mass is 277 g/mol. The maximum absolute atomic E-state index is 6.28. The van der Waals surface area contributed by atoms with Crippen LogP contribution in [0.25, 0.3) is 0 Å². The number of halogens is 1. The van der Waals surface area contributed by atoms with Crippen LogP contribution in [0, 0.1) is 0 Å². The molecule has 102 valence electrons. The van der Waals surface area contributed by atoms with Gasteiger partial charge in [0.05, 0.1) is 6.20 Å². The molecule has 3 nitrogen and oxygen atoms in total. The number of rotatable bonds is 6. The second kappa shape index (κ2) is 6.73. The van der Waals surface area contributed by atoms with E-state index in [9.17, 15) is 0 Å². The van der Waals surface area contributed by atoms with Gasteiger partial charge in [-0.25, -0.2) is 0 Å². The number of nitrogens with zero attached hydrogens (tertiary/aromatic N) is 2. The lowest BCUT2D eigenvalue weighted by Gasteiger charge is -2.19. The van der Waals surface area contributed by atoms with Crippen LogP contribution in [0.2, 0.25) is 5.02 Å². The van der Waals surface area contributed by atoms with Gasteiger partial charge in [-0.2, -0.15) is 5.10 Å². The molecule has 0 saturated heterocycles. The highest BCUT2D eigenvalue weighted by molar-refractivity contribution is 6.31. The topological polar surface area (TPSA) is 29.9 Å². The third kappa shape index (κ3) is 3.82. The first-order valence-corrected chi connectivity index (χ1v) is 7.04. The minimum atomic E-state index is 0.291. The van der Waals surface area contributed by atoms with Gasteiger partial charge in [0, 0.05) is 24.3 Å². The van der Waals surface area contributed by atoms with Gasteiger partial charge in [0.1, 0.15) is 0 Å². The van der Waals surface area contributed by atoms with Gasteiger partial charge in [0.2, 0.25) is 0 Å². The van der Waals surface area contributed by atoms with Gasteiger partial charge in [-0.05, 0) is 36.6 Å². The standard InChI is InChI=1S/C15H20ClN3/c1-3-17-15(13-6-4-5-7-14(13)16)9-8-12-10-18-19(2)11-12/h4-7,10-11,15,17H,3,8-9H2,1-2H3. The average molecular weight is 278 g/mol. The zero-order valence-corrected chi connectivity index (χ0v) is 12.2. The highest BCUT2D eigenvalue weighted by atomic mass is 35.5. The number of hydrogen-bond acceptors (Lipinski definition) is 2. The molecule has 19 heavy (non-hydrogen) atoms. The Hall–Kier alpha value is -1.32. The van der Waals surface area contributed by atoms with E-state index in [0.29, 0.717) is 6.04 Å². The van der Waals surface area contributed by atoms with E-state index in [-0.39, 0.29) is 0 Å². The van der Waals surface area contributed by atoms with Gasteiger partial charge in [0.25, 0.3) is 0 Å². The molecule has 4 heteroatoms. The maximum Gasteiger partial charge on any atom is 0.0521 e. The van der Waals surface area contributed by atoms with Crippen molar-refractivity contribution in [3.05, 3.63) is 52.8 Å². The lowest BCUT2D eigenvalue weighted by atomic mass is 10.00. The normalized spacial score (nSPS) is 12.6. The molecule has 2 aromatic rings. The van der Waals surface area contributed by atoms with Crippen LogP contribution in [-0.2, 0) is 13.5 Å². The summed E-state index contributed by atoms with van der Waals surface area (Å²) in [5.74, 6) is 0. The van der Waals surface area contributed by atoms with Crippen molar-refractivity contribution in [3.63, 3.8) is 0 Å². The Balaban J connectivity index is 2.06. The number of nitrogens with one attached hydrogen (secondary N) is 1. The predicted octanol–water partition coefficient (Wildman–Crippen LogP) is 3.36. The van der Waals surface area contributed by atoms with Gasteiger partial charge in [0.15, 0.2) is 0 Å². The van der Waals surface area contributed by atoms with Crippen LogP contribution in [0.15, 0.2) is 36.7 Å². The molecule has 1 N–H and O–H groups in total. The summed E-state index contributed by atoms with van der Waals surface area (Å²) in [4.78, 5) is 0. The quantitative estimate of drug-likeness (QED) is 0.877. The molecule has 1 heterocycles. The van der Waals surface area contributed by atoms with Crippen molar-refractivity contribution in [3.8, 4) is 0 Å². The highest BCUT2D eigenvalue weighted by Gasteiger charge is 2.13. The molecular weight excluding hydrogens is 258 g/mol. The highest BCUT2D eigenvalue weighted by Crippen LogP contribution is 2.26. The molecule has 0 bridgehead atoms. The molecule has 1 aromatic carbocycles. The first-order chi connectivity index (χ1) is 9.20. The molecule has 1 atom stereocenters. The van der Waals surface area contributed by atoms with E-state index in [1.807, 2.05) is 36.1 Å². The van der Waals surface area contributed by atoms with Crippen LogP contribution < -0.4 is 5.32 Å². The molecule has 1 aromatic heterocycles. The Morgan fingerprint density at radius 1 is 1.37 bits per heavy atom. The average Bonchev–Trinajstić information content (AvgIpc) is 2.81. The molecule has 1 unspecified atom stereocenters. The van der Waals surface area contributed by atoms with Crippen molar-refractivity contribution in [1.29, 1.82) is 0 Å². The van der Waals surface area contributed by atoms with Crippen LogP contribution in [-0.4, -0.2) is 16.3 Å². The molecule has 0 fully saturated rings. The lowest BCUT2D eigenvalue weighted by molar-refractivity contribution is 0.515. The summed E-state index contributed by atoms with van der Waals surface area (Å²) in [7, 11) is 1.94. The SMILES string of the molecule is CCNC(CCc1cnn(C)c1)c1ccccc1Cl. The number of benzene rings is 1. The fraction of sp³-hybridized carbons (Fsp3) is 0.400. The lowest BCUT2D eigenvalue weighted by Crippen LogP contribution is -2.21. The fourth-order valence-corrected chi connectivity index (χ4v) is 2.55. The fourth-order valence-electron chi connectivity index (χ4n) is 2.28. The Morgan fingerprint density at radius 3 is 2.79 bits per heavy atom. The van der Waals surface area contributed by atoms with E-state index >= 15 is 0 Å². The first-order valence-electron chi connectivity index (χ1n) is 6.66. The van der Waals surface area contributed by atoms with E-state index in [1.54, 1.807) is 0 Å². The van der Waals surface area contributed by atoms with Gasteiger partial charge in [-0.3, -0.25) is 4.68 Å². The third-order valence-corrected chi connectivity index (χ3v) is 3.56. The Bertz CT molecular complexity index is 522. The second-order valence-electron chi connectivity index (χ2n) is 4.69. The Kier molecular flexibility index (Phi) is 5.00. The minimum absolute atomic E-state index is 0.291. The second-order valence-corrected chi connectivity index (χ2v) is 5.10. The van der Waals surface area contributed by atoms with Gasteiger partial charge >= 0.3 is 0 Å². The van der Waals surface area contributed by atoms with Crippen molar-refractivity contribution in [2.24, 2.45) is 7.05 Å². The summed E-state index contributed by atoms with van der Waals surface area (Å²) in [5.41, 5.74) is 2.44. The van der Waals surface area contributed by atoms with E-state index < -0.39 is 0 Å². The summed E-state index contributed by atoms with van der Waals surface area (Å²) in [6, 6.07) is 8.34. The zero-order valence-electron chi connectivity index (χ0n) is 11.4. The van der Waals surface area contributed by atoms with Crippen molar-refractivity contribution < 1.29 is 0 Å². The van der Waals surface area contributed by atoms with E-state index in [1.165, 1.54) is 11.1 Å². The molecular formula is C15H20ClN3. The Labute approximate surface area is 119 Å². The van der Waals surface area contributed by atoms with E-state index in [0.717, 1.165) is 24.4 Å². The predicted molar refractivity (Wildman–Crippen MR) is 79.4 cm³/mol. The summed E-state index contributed by atoms with van der Waals surface area (Å²) >= 11 is 6.28. The molecule has 0 spiro atoms. The zero-order chi connectivity index (χ0) is 13.7. The van der Waals surface area contributed by atoms with Crippen LogP contribution >= 0.6 is 11.6 Å². The maximum atomic E-state index is 6.28. The van der Waals surface area contributed by atoms with Crippen molar-refractivity contribution in [2.45, 2.75) is 25.8 Å².